The van der Waals surface area contributed by atoms with Gasteiger partial charge >= 0.3 is 0 Å². The van der Waals surface area contributed by atoms with Crippen LogP contribution in [0.5, 0.6) is 5.75 Å². The second kappa shape index (κ2) is 8.43. The molecule has 0 unspecified atom stereocenters. The third-order valence-electron chi connectivity index (χ3n) is 4.96. The highest BCUT2D eigenvalue weighted by Crippen LogP contribution is 2.29. The van der Waals surface area contributed by atoms with Crippen LogP contribution in [-0.2, 0) is 22.6 Å². The fraction of sp³-hybridized carbons (Fsp3) is 0.273. The second-order valence-electron chi connectivity index (χ2n) is 6.95. The smallest absolute Gasteiger partial charge is 0.204 e. The molecule has 2 aromatic carbocycles. The quantitative estimate of drug-likeness (QED) is 0.481. The summed E-state index contributed by atoms with van der Waals surface area (Å²) in [5.41, 5.74) is 3.15. The fourth-order valence-electron chi connectivity index (χ4n) is 3.49. The van der Waals surface area contributed by atoms with Gasteiger partial charge in [0.25, 0.3) is 0 Å². The lowest BCUT2D eigenvalue weighted by Crippen LogP contribution is -2.08. The van der Waals surface area contributed by atoms with E-state index < -0.39 is 0 Å². The van der Waals surface area contributed by atoms with Gasteiger partial charge in [-0.15, -0.1) is 11.3 Å². The minimum Gasteiger partial charge on any atom is -0.497 e. The number of imidazole rings is 1. The summed E-state index contributed by atoms with van der Waals surface area (Å²) in [5.74, 6) is 1.59. The van der Waals surface area contributed by atoms with Gasteiger partial charge in [0.15, 0.2) is 6.29 Å². The summed E-state index contributed by atoms with van der Waals surface area (Å²) in [7, 11) is 1.67. The molecule has 5 rings (SSSR count). The largest absolute Gasteiger partial charge is 0.497 e. The van der Waals surface area contributed by atoms with E-state index in [1.54, 1.807) is 18.4 Å². The molecule has 0 aliphatic carbocycles. The molecule has 0 bridgehead atoms. The van der Waals surface area contributed by atoms with Crippen LogP contribution in [0.15, 0.2) is 54.7 Å². The molecule has 0 radical (unpaired) electrons. The van der Waals surface area contributed by atoms with Crippen LogP contribution in [0.4, 0.5) is 5.95 Å². The van der Waals surface area contributed by atoms with Gasteiger partial charge in [-0.25, -0.2) is 9.97 Å². The summed E-state index contributed by atoms with van der Waals surface area (Å²) < 4.78 is 18.7. The van der Waals surface area contributed by atoms with E-state index in [0.29, 0.717) is 19.8 Å². The Kier molecular flexibility index (Phi) is 5.35. The van der Waals surface area contributed by atoms with Gasteiger partial charge in [-0.05, 0) is 17.7 Å². The molecular weight excluding hydrogens is 400 g/mol. The Balaban J connectivity index is 1.41. The molecule has 1 saturated heterocycles. The molecular formula is C22H22N4O3S. The van der Waals surface area contributed by atoms with E-state index in [2.05, 4.69) is 39.1 Å². The highest BCUT2D eigenvalue weighted by molar-refractivity contribution is 7.11. The lowest BCUT2D eigenvalue weighted by molar-refractivity contribution is -0.0414. The standard InChI is InChI=1S/C22H22N4O3S/c1-27-16-7-8-18-17(11-16)25-22(26(18)14-15-5-3-2-4-6-15)24-13-20-23-12-19(30-20)21-28-9-10-29-21/h2-8,11-12,21H,9-10,13-14H2,1H3,(H,24,25). The van der Waals surface area contributed by atoms with Crippen LogP contribution < -0.4 is 10.1 Å². The number of anilines is 1. The SMILES string of the molecule is COc1ccc2c(c1)nc(NCc1ncc(C3OCCO3)s1)n2Cc1ccccc1. The number of hydrogen-bond donors (Lipinski definition) is 1. The molecule has 3 heterocycles. The van der Waals surface area contributed by atoms with Crippen LogP contribution in [0.3, 0.4) is 0 Å². The predicted molar refractivity (Wildman–Crippen MR) is 116 cm³/mol. The molecule has 1 fully saturated rings. The first-order valence-corrected chi connectivity index (χ1v) is 10.6. The number of rotatable bonds is 7. The van der Waals surface area contributed by atoms with Crippen LogP contribution in [0.25, 0.3) is 11.0 Å². The number of ether oxygens (including phenoxy) is 3. The minimum atomic E-state index is -0.286. The number of methoxy groups -OCH3 is 1. The summed E-state index contributed by atoms with van der Waals surface area (Å²) >= 11 is 1.59. The summed E-state index contributed by atoms with van der Waals surface area (Å²) in [4.78, 5) is 10.3. The minimum absolute atomic E-state index is 0.286. The molecule has 1 N–H and O–H groups in total. The van der Waals surface area contributed by atoms with Crippen molar-refractivity contribution < 1.29 is 14.2 Å². The van der Waals surface area contributed by atoms with Crippen LogP contribution in [0.2, 0.25) is 0 Å². The van der Waals surface area contributed by atoms with E-state index in [-0.39, 0.29) is 6.29 Å². The topological polar surface area (TPSA) is 70.4 Å². The number of fused-ring (bicyclic) bond motifs is 1. The van der Waals surface area contributed by atoms with E-state index in [1.165, 1.54) is 5.56 Å². The summed E-state index contributed by atoms with van der Waals surface area (Å²) in [6.45, 7) is 2.55. The predicted octanol–water partition coefficient (Wildman–Crippen LogP) is 4.21. The maximum Gasteiger partial charge on any atom is 0.204 e. The number of nitrogens with zero attached hydrogens (tertiary/aromatic N) is 3. The molecule has 1 aliphatic heterocycles. The van der Waals surface area contributed by atoms with Crippen LogP contribution in [-0.4, -0.2) is 34.9 Å². The molecule has 2 aromatic heterocycles. The monoisotopic (exact) mass is 422 g/mol. The normalized spacial score (nSPS) is 14.4. The zero-order chi connectivity index (χ0) is 20.3. The van der Waals surface area contributed by atoms with Crippen LogP contribution >= 0.6 is 11.3 Å². The van der Waals surface area contributed by atoms with Gasteiger partial charge in [-0.2, -0.15) is 0 Å². The van der Waals surface area contributed by atoms with Gasteiger partial charge < -0.3 is 24.1 Å². The van der Waals surface area contributed by atoms with E-state index in [1.807, 2.05) is 30.5 Å². The van der Waals surface area contributed by atoms with Crippen molar-refractivity contribution in [2.24, 2.45) is 0 Å². The third-order valence-corrected chi connectivity index (χ3v) is 5.98. The van der Waals surface area contributed by atoms with Gasteiger partial charge in [-0.1, -0.05) is 30.3 Å². The Labute approximate surface area is 178 Å². The number of benzene rings is 2. The average molecular weight is 423 g/mol. The molecule has 4 aromatic rings. The van der Waals surface area contributed by atoms with Crippen molar-refractivity contribution in [1.29, 1.82) is 0 Å². The Hall–Kier alpha value is -2.94. The maximum atomic E-state index is 5.56. The number of aromatic nitrogens is 3. The Bertz CT molecular complexity index is 1140. The first kappa shape index (κ1) is 19.0. The van der Waals surface area contributed by atoms with Crippen molar-refractivity contribution in [3.63, 3.8) is 0 Å². The lowest BCUT2D eigenvalue weighted by Gasteiger charge is -2.10. The van der Waals surface area contributed by atoms with Crippen molar-refractivity contribution in [3.05, 3.63) is 70.2 Å². The number of thiazole rings is 1. The van der Waals surface area contributed by atoms with Gasteiger partial charge in [0.2, 0.25) is 5.95 Å². The molecule has 8 heteroatoms. The van der Waals surface area contributed by atoms with Crippen molar-refractivity contribution in [2.45, 2.75) is 19.4 Å². The van der Waals surface area contributed by atoms with E-state index in [4.69, 9.17) is 19.2 Å². The molecule has 154 valence electrons. The van der Waals surface area contributed by atoms with Crippen molar-refractivity contribution in [3.8, 4) is 5.75 Å². The highest BCUT2D eigenvalue weighted by Gasteiger charge is 2.21. The van der Waals surface area contributed by atoms with Gasteiger partial charge in [0, 0.05) is 12.3 Å². The molecule has 30 heavy (non-hydrogen) atoms. The molecule has 0 atom stereocenters. The van der Waals surface area contributed by atoms with E-state index >= 15 is 0 Å². The molecule has 0 amide bonds. The Morgan fingerprint density at radius 1 is 1.17 bits per heavy atom. The Morgan fingerprint density at radius 3 is 2.80 bits per heavy atom. The lowest BCUT2D eigenvalue weighted by atomic mass is 10.2. The maximum absolute atomic E-state index is 5.56. The first-order chi connectivity index (χ1) is 14.8. The second-order valence-corrected chi connectivity index (χ2v) is 8.09. The highest BCUT2D eigenvalue weighted by atomic mass is 32.1. The number of nitrogens with one attached hydrogen (secondary N) is 1. The summed E-state index contributed by atoms with van der Waals surface area (Å²) in [6.07, 6.45) is 1.54. The summed E-state index contributed by atoms with van der Waals surface area (Å²) in [6, 6.07) is 16.3. The van der Waals surface area contributed by atoms with Crippen molar-refractivity contribution >= 4 is 28.3 Å². The van der Waals surface area contributed by atoms with E-state index in [9.17, 15) is 0 Å². The molecule has 0 saturated carbocycles. The van der Waals surface area contributed by atoms with Gasteiger partial charge in [0.05, 0.1) is 49.3 Å². The average Bonchev–Trinajstić information content (AvgIpc) is 3.53. The van der Waals surface area contributed by atoms with Crippen molar-refractivity contribution in [1.82, 2.24) is 14.5 Å². The molecule has 0 spiro atoms. The van der Waals surface area contributed by atoms with Gasteiger partial charge in [-0.3, -0.25) is 0 Å². The fourth-order valence-corrected chi connectivity index (χ4v) is 4.35. The number of hydrogen-bond acceptors (Lipinski definition) is 7. The first-order valence-electron chi connectivity index (χ1n) is 9.80. The summed E-state index contributed by atoms with van der Waals surface area (Å²) in [5, 5.41) is 4.42. The third kappa shape index (κ3) is 3.89. The zero-order valence-corrected chi connectivity index (χ0v) is 17.4. The van der Waals surface area contributed by atoms with Crippen LogP contribution in [0, 0.1) is 0 Å². The molecule has 7 nitrogen and oxygen atoms in total. The van der Waals surface area contributed by atoms with Gasteiger partial charge in [0.1, 0.15) is 10.8 Å². The van der Waals surface area contributed by atoms with Crippen molar-refractivity contribution in [2.75, 3.05) is 25.6 Å². The Morgan fingerprint density at radius 2 is 2.00 bits per heavy atom. The van der Waals surface area contributed by atoms with E-state index in [0.717, 1.165) is 39.2 Å². The molecule has 1 aliphatic rings. The zero-order valence-electron chi connectivity index (χ0n) is 16.6. The van der Waals surface area contributed by atoms with Crippen LogP contribution in [0.1, 0.15) is 21.7 Å².